The van der Waals surface area contributed by atoms with Gasteiger partial charge in [0.25, 0.3) is 0 Å². The second-order valence-corrected chi connectivity index (χ2v) is 12.6. The first-order chi connectivity index (χ1) is 22.2. The smallest absolute Gasteiger partial charge is 0.231 e. The first kappa shape index (κ1) is 30.2. The number of carbonyl (C=O) groups is 2. The molecule has 6 atom stereocenters. The van der Waals surface area contributed by atoms with Gasteiger partial charge in [0.05, 0.1) is 25.7 Å². The maximum absolute atomic E-state index is 15.1. The minimum Gasteiger partial charge on any atom is -0.497 e. The summed E-state index contributed by atoms with van der Waals surface area (Å²) in [6.45, 7) is 3.89. The zero-order valence-corrected chi connectivity index (χ0v) is 26.2. The lowest BCUT2D eigenvalue weighted by Crippen LogP contribution is -2.56. The van der Waals surface area contributed by atoms with Gasteiger partial charge in [-0.2, -0.15) is 0 Å². The Labute approximate surface area is 267 Å². The van der Waals surface area contributed by atoms with Gasteiger partial charge in [0.2, 0.25) is 24.4 Å². The fraction of sp³-hybridized carbons (Fsp3) is 0.429. The molecule has 0 spiro atoms. The van der Waals surface area contributed by atoms with Crippen LogP contribution < -0.4 is 29.0 Å². The zero-order valence-electron chi connectivity index (χ0n) is 26.2. The van der Waals surface area contributed by atoms with E-state index in [1.807, 2.05) is 30.3 Å². The van der Waals surface area contributed by atoms with Crippen LogP contribution in [0.2, 0.25) is 0 Å². The van der Waals surface area contributed by atoms with Crippen molar-refractivity contribution in [2.75, 3.05) is 27.6 Å². The maximum Gasteiger partial charge on any atom is 0.231 e. The Balaban J connectivity index is 1.49. The lowest BCUT2D eigenvalue weighted by molar-refractivity contribution is -0.167. The molecule has 2 bridgehead atoms. The lowest BCUT2D eigenvalue weighted by Gasteiger charge is -2.45. The highest BCUT2D eigenvalue weighted by molar-refractivity contribution is 5.86. The van der Waals surface area contributed by atoms with Crippen LogP contribution in [0.3, 0.4) is 0 Å². The number of likely N-dealkylation sites (tertiary alicyclic amines) is 1. The number of nitrogens with one attached hydrogen (secondary N) is 1. The van der Waals surface area contributed by atoms with E-state index in [4.69, 9.17) is 23.7 Å². The Morgan fingerprint density at radius 2 is 1.76 bits per heavy atom. The molecule has 3 aliphatic heterocycles. The fourth-order valence-corrected chi connectivity index (χ4v) is 7.78. The average molecular weight is 631 g/mol. The summed E-state index contributed by atoms with van der Waals surface area (Å²) >= 11 is 0. The monoisotopic (exact) mass is 630 g/mol. The predicted molar refractivity (Wildman–Crippen MR) is 165 cm³/mol. The third kappa shape index (κ3) is 4.17. The number of hydrogen-bond donors (Lipinski definition) is 3. The van der Waals surface area contributed by atoms with Gasteiger partial charge in [-0.1, -0.05) is 56.3 Å². The van der Waals surface area contributed by atoms with Gasteiger partial charge in [-0.15, -0.1) is 0 Å². The van der Waals surface area contributed by atoms with E-state index in [1.165, 1.54) is 7.11 Å². The van der Waals surface area contributed by atoms with Crippen molar-refractivity contribution in [3.8, 4) is 28.7 Å². The van der Waals surface area contributed by atoms with Crippen LogP contribution in [0.15, 0.2) is 60.7 Å². The number of rotatable bonds is 7. The molecule has 242 valence electrons. The molecule has 11 heteroatoms. The van der Waals surface area contributed by atoms with Gasteiger partial charge < -0.3 is 44.1 Å². The number of amides is 2. The molecule has 7 rings (SSSR count). The molecule has 2 fully saturated rings. The van der Waals surface area contributed by atoms with Crippen LogP contribution in [0, 0.1) is 11.8 Å². The van der Waals surface area contributed by atoms with Crippen molar-refractivity contribution in [1.82, 2.24) is 10.2 Å². The number of ether oxygens (including phenoxy) is 5. The number of nitrogens with zero attached hydrogens (tertiary/aromatic N) is 1. The Hall–Kier alpha value is -4.48. The number of methoxy groups -OCH3 is 2. The largest absolute Gasteiger partial charge is 0.497 e. The molecule has 1 saturated carbocycles. The van der Waals surface area contributed by atoms with E-state index < -0.39 is 41.2 Å². The molecule has 1 saturated heterocycles. The number of fused-ring (bicyclic) bond motifs is 5. The highest BCUT2D eigenvalue weighted by Gasteiger charge is 2.77. The number of aliphatic hydroxyl groups is 2. The minimum absolute atomic E-state index is 0.0702. The van der Waals surface area contributed by atoms with Gasteiger partial charge in [0.1, 0.15) is 29.4 Å². The SMILES string of the molecule is COc1ccc([C@@]23Oc4cc5c(c(OC)c4[C@](O)([C@H](C(=O)N4CCC[C@@H]4NC(=O)C(C)C)[C@H]2c2ccccc2)[C@H]3O)OCO5)cc1. The average Bonchev–Trinajstić information content (AvgIpc) is 3.76. The summed E-state index contributed by atoms with van der Waals surface area (Å²) in [6, 6.07) is 18.0. The molecule has 1 aliphatic carbocycles. The molecule has 3 heterocycles. The summed E-state index contributed by atoms with van der Waals surface area (Å²) in [7, 11) is 2.99. The van der Waals surface area contributed by atoms with Gasteiger partial charge in [-0.3, -0.25) is 9.59 Å². The first-order valence-electron chi connectivity index (χ1n) is 15.6. The molecular formula is C35H38N2O9. The van der Waals surface area contributed by atoms with E-state index >= 15 is 4.79 Å². The van der Waals surface area contributed by atoms with Crippen molar-refractivity contribution in [3.63, 3.8) is 0 Å². The van der Waals surface area contributed by atoms with E-state index in [1.54, 1.807) is 56.2 Å². The minimum atomic E-state index is -2.23. The summed E-state index contributed by atoms with van der Waals surface area (Å²) in [6.07, 6.45) is -0.999. The number of aliphatic hydroxyl groups excluding tert-OH is 1. The van der Waals surface area contributed by atoms with Gasteiger partial charge in [-0.05, 0) is 36.1 Å². The number of benzene rings is 3. The summed E-state index contributed by atoms with van der Waals surface area (Å²) in [5.74, 6) is -1.54. The Kier molecular flexibility index (Phi) is 7.28. The van der Waals surface area contributed by atoms with Gasteiger partial charge >= 0.3 is 0 Å². The summed E-state index contributed by atoms with van der Waals surface area (Å²) < 4.78 is 29.6. The topological polar surface area (TPSA) is 136 Å². The van der Waals surface area contributed by atoms with Crippen molar-refractivity contribution in [2.24, 2.45) is 11.8 Å². The Morgan fingerprint density at radius 1 is 1.02 bits per heavy atom. The van der Waals surface area contributed by atoms with Crippen LogP contribution in [0.4, 0.5) is 0 Å². The van der Waals surface area contributed by atoms with Crippen molar-refractivity contribution < 1.29 is 43.5 Å². The van der Waals surface area contributed by atoms with Gasteiger partial charge in [-0.25, -0.2) is 0 Å². The Bertz CT molecular complexity index is 1660. The molecule has 3 aromatic rings. The van der Waals surface area contributed by atoms with Crippen molar-refractivity contribution in [2.45, 2.75) is 56.1 Å². The highest BCUT2D eigenvalue weighted by Crippen LogP contribution is 2.70. The molecule has 3 aromatic carbocycles. The Morgan fingerprint density at radius 3 is 2.43 bits per heavy atom. The standard InChI is InChI=1S/C35H38N2O9/c1-19(2)31(38)36-25-11-8-16-37(25)32(39)28-26(20-9-6-5-7-10-20)35(21-12-14-22(42-3)15-13-21)33(40)34(28,41)27-23(46-35)17-24-29(30(27)43-4)45-18-44-24/h5-7,9-10,12-15,17,19,25-26,28,33,40-41H,8,11,16,18H2,1-4H3,(H,36,38)/t25-,26-,28+,33-,34+,35-/m1/s1. The zero-order chi connectivity index (χ0) is 32.4. The molecule has 46 heavy (non-hydrogen) atoms. The molecule has 0 radical (unpaired) electrons. The normalized spacial score (nSPS) is 28.9. The predicted octanol–water partition coefficient (Wildman–Crippen LogP) is 3.40. The van der Waals surface area contributed by atoms with Crippen molar-refractivity contribution in [1.29, 1.82) is 0 Å². The van der Waals surface area contributed by atoms with E-state index in [0.29, 0.717) is 42.0 Å². The lowest BCUT2D eigenvalue weighted by atomic mass is 9.75. The number of hydrogen-bond acceptors (Lipinski definition) is 9. The van der Waals surface area contributed by atoms with Crippen LogP contribution in [0.1, 0.15) is 49.3 Å². The van der Waals surface area contributed by atoms with Crippen LogP contribution in [0.25, 0.3) is 0 Å². The van der Waals surface area contributed by atoms with Crippen molar-refractivity contribution in [3.05, 3.63) is 77.4 Å². The van der Waals surface area contributed by atoms with Gasteiger partial charge in [0, 0.05) is 24.4 Å². The van der Waals surface area contributed by atoms with E-state index in [-0.39, 0.29) is 41.4 Å². The second-order valence-electron chi connectivity index (χ2n) is 12.6. The van der Waals surface area contributed by atoms with Crippen molar-refractivity contribution >= 4 is 11.8 Å². The third-order valence-electron chi connectivity index (χ3n) is 9.89. The fourth-order valence-electron chi connectivity index (χ4n) is 7.78. The molecule has 4 aliphatic rings. The summed E-state index contributed by atoms with van der Waals surface area (Å²) in [4.78, 5) is 29.6. The molecular weight excluding hydrogens is 592 g/mol. The molecule has 0 aromatic heterocycles. The molecule has 0 unspecified atom stereocenters. The first-order valence-corrected chi connectivity index (χ1v) is 15.6. The van der Waals surface area contributed by atoms with Crippen LogP contribution >= 0.6 is 0 Å². The van der Waals surface area contributed by atoms with Crippen LogP contribution in [0.5, 0.6) is 28.7 Å². The highest BCUT2D eigenvalue weighted by atomic mass is 16.7. The van der Waals surface area contributed by atoms with Gasteiger partial charge in [0.15, 0.2) is 17.1 Å². The van der Waals surface area contributed by atoms with Crippen LogP contribution in [-0.2, 0) is 20.8 Å². The van der Waals surface area contributed by atoms with E-state index in [0.717, 1.165) is 0 Å². The second kappa shape index (κ2) is 11.1. The third-order valence-corrected chi connectivity index (χ3v) is 9.89. The summed E-state index contributed by atoms with van der Waals surface area (Å²) in [5.41, 5.74) is -2.55. The van der Waals surface area contributed by atoms with E-state index in [2.05, 4.69) is 5.32 Å². The quantitative estimate of drug-likeness (QED) is 0.359. The van der Waals surface area contributed by atoms with E-state index in [9.17, 15) is 15.0 Å². The van der Waals surface area contributed by atoms with Crippen LogP contribution in [-0.4, -0.2) is 66.8 Å². The molecule has 11 nitrogen and oxygen atoms in total. The summed E-state index contributed by atoms with van der Waals surface area (Å²) in [5, 5.41) is 28.9. The maximum atomic E-state index is 15.1. The number of carbonyl (C=O) groups excluding carboxylic acids is 2. The molecule has 3 N–H and O–H groups in total. The molecule has 2 amide bonds.